The number of carbonyl (C=O) groups is 2. The third-order valence-corrected chi connectivity index (χ3v) is 5.01. The number of pyridine rings is 1. The number of nitrogens with one attached hydrogen (secondary N) is 2. The second-order valence-electron chi connectivity index (χ2n) is 7.38. The van der Waals surface area contributed by atoms with Gasteiger partial charge >= 0.3 is 5.97 Å². The number of hydrogen-bond acceptors (Lipinski definition) is 5. The molecule has 3 aromatic rings. The van der Waals surface area contributed by atoms with E-state index >= 15 is 0 Å². The van der Waals surface area contributed by atoms with Crippen LogP contribution < -0.4 is 15.0 Å². The molecule has 1 amide bonds. The minimum absolute atomic E-state index is 0.127. The number of fused-ring (bicyclic) bond motifs is 1. The number of ether oxygens (including phenoxy) is 2. The zero-order chi connectivity index (χ0) is 22.4. The second kappa shape index (κ2) is 10.0. The third kappa shape index (κ3) is 5.38. The van der Waals surface area contributed by atoms with Crippen molar-refractivity contribution < 1.29 is 24.0 Å². The first-order valence-corrected chi connectivity index (χ1v) is 10.2. The minimum Gasteiger partial charge on any atom is -0.497 e. The highest BCUT2D eigenvalue weighted by atomic mass is 16.5. The standard InChI is InChI=1S/C24H27N3O4/c1-5-31-24(29)23-16(2)19-8-6-7-9-20(19)26-21(23)14-27(3)15-22(28)25-17-10-12-18(30-4)13-11-17/h6-13H,5,14-15H2,1-4H3,(H,25,28)/p+1. The Labute approximate surface area is 182 Å². The van der Waals surface area contributed by atoms with Crippen molar-refractivity contribution in [2.24, 2.45) is 0 Å². The van der Waals surface area contributed by atoms with Gasteiger partial charge in [-0.25, -0.2) is 9.78 Å². The van der Waals surface area contributed by atoms with Gasteiger partial charge in [-0.15, -0.1) is 0 Å². The van der Waals surface area contributed by atoms with E-state index in [1.807, 2.05) is 38.2 Å². The van der Waals surface area contributed by atoms with E-state index < -0.39 is 0 Å². The summed E-state index contributed by atoms with van der Waals surface area (Å²) in [5.74, 6) is 0.214. The Morgan fingerprint density at radius 3 is 2.48 bits per heavy atom. The largest absolute Gasteiger partial charge is 0.497 e. The summed E-state index contributed by atoms with van der Waals surface area (Å²) in [5.41, 5.74) is 3.47. The molecule has 2 N–H and O–H groups in total. The Morgan fingerprint density at radius 2 is 1.81 bits per heavy atom. The molecular formula is C24H28N3O4+. The van der Waals surface area contributed by atoms with Crippen LogP contribution in [0.15, 0.2) is 48.5 Å². The molecule has 0 radical (unpaired) electrons. The van der Waals surface area contributed by atoms with Crippen LogP contribution >= 0.6 is 0 Å². The van der Waals surface area contributed by atoms with Crippen molar-refractivity contribution in [2.45, 2.75) is 20.4 Å². The number of para-hydroxylation sites is 1. The Bertz CT molecular complexity index is 1080. The number of carbonyl (C=O) groups excluding carboxylic acids is 2. The van der Waals surface area contributed by atoms with Crippen LogP contribution in [0, 0.1) is 6.92 Å². The lowest BCUT2D eigenvalue weighted by Gasteiger charge is -2.17. The number of likely N-dealkylation sites (N-methyl/N-ethyl adjacent to an activating group) is 1. The lowest BCUT2D eigenvalue weighted by Crippen LogP contribution is -3.08. The Kier molecular flexibility index (Phi) is 7.20. The van der Waals surface area contributed by atoms with Gasteiger partial charge in [0.1, 0.15) is 18.0 Å². The minimum atomic E-state index is -0.385. The first-order valence-electron chi connectivity index (χ1n) is 10.2. The van der Waals surface area contributed by atoms with Gasteiger partial charge in [-0.3, -0.25) is 4.79 Å². The van der Waals surface area contributed by atoms with Crippen molar-refractivity contribution in [2.75, 3.05) is 32.6 Å². The van der Waals surface area contributed by atoms with E-state index in [9.17, 15) is 9.59 Å². The fourth-order valence-corrected chi connectivity index (χ4v) is 3.54. The molecule has 31 heavy (non-hydrogen) atoms. The number of amides is 1. The van der Waals surface area contributed by atoms with Gasteiger partial charge in [0.05, 0.1) is 31.8 Å². The van der Waals surface area contributed by atoms with Gasteiger partial charge in [0.2, 0.25) is 0 Å². The summed E-state index contributed by atoms with van der Waals surface area (Å²) >= 11 is 0. The Hall–Kier alpha value is -3.45. The Morgan fingerprint density at radius 1 is 1.10 bits per heavy atom. The maximum Gasteiger partial charge on any atom is 0.340 e. The van der Waals surface area contributed by atoms with Crippen molar-refractivity contribution in [3.8, 4) is 5.75 Å². The topological polar surface area (TPSA) is 82.0 Å². The number of nitrogens with zero attached hydrogens (tertiary/aromatic N) is 1. The first-order chi connectivity index (χ1) is 14.9. The summed E-state index contributed by atoms with van der Waals surface area (Å²) in [7, 11) is 3.49. The summed E-state index contributed by atoms with van der Waals surface area (Å²) in [6.07, 6.45) is 0. The molecule has 7 nitrogen and oxygen atoms in total. The summed E-state index contributed by atoms with van der Waals surface area (Å²) in [6.45, 7) is 4.61. The second-order valence-corrected chi connectivity index (χ2v) is 7.38. The molecule has 0 aliphatic rings. The van der Waals surface area contributed by atoms with E-state index in [2.05, 4.69) is 5.32 Å². The number of benzene rings is 2. The molecule has 162 valence electrons. The molecule has 0 fully saturated rings. The molecule has 0 spiro atoms. The summed E-state index contributed by atoms with van der Waals surface area (Å²) < 4.78 is 10.4. The van der Waals surface area contributed by atoms with Crippen molar-refractivity contribution >= 4 is 28.5 Å². The number of rotatable bonds is 8. The van der Waals surface area contributed by atoms with Gasteiger partial charge in [-0.1, -0.05) is 18.2 Å². The highest BCUT2D eigenvalue weighted by Gasteiger charge is 2.23. The highest BCUT2D eigenvalue weighted by molar-refractivity contribution is 5.98. The maximum absolute atomic E-state index is 12.7. The number of aromatic nitrogens is 1. The highest BCUT2D eigenvalue weighted by Crippen LogP contribution is 2.23. The molecule has 1 atom stereocenters. The van der Waals surface area contributed by atoms with E-state index in [1.165, 1.54) is 0 Å². The van der Waals surface area contributed by atoms with Crippen molar-refractivity contribution in [1.82, 2.24) is 4.98 Å². The van der Waals surface area contributed by atoms with Crippen LogP contribution in [0.5, 0.6) is 5.75 Å². The van der Waals surface area contributed by atoms with Crippen LogP contribution in [-0.4, -0.2) is 44.2 Å². The number of hydrogen-bond donors (Lipinski definition) is 2. The molecule has 0 bridgehead atoms. The van der Waals surface area contributed by atoms with Crippen LogP contribution in [0.3, 0.4) is 0 Å². The average molecular weight is 423 g/mol. The molecule has 0 saturated carbocycles. The predicted octanol–water partition coefficient (Wildman–Crippen LogP) is 2.38. The SMILES string of the molecule is CCOC(=O)c1c(C[NH+](C)CC(=O)Nc2ccc(OC)cc2)nc2ccccc2c1C. The van der Waals surface area contributed by atoms with Crippen LogP contribution in [0.4, 0.5) is 5.69 Å². The number of anilines is 1. The van der Waals surface area contributed by atoms with Gasteiger partial charge in [0, 0.05) is 11.1 Å². The number of quaternary nitrogens is 1. The lowest BCUT2D eigenvalue weighted by atomic mass is 10.0. The lowest BCUT2D eigenvalue weighted by molar-refractivity contribution is -0.885. The molecule has 1 aromatic heterocycles. The molecule has 1 heterocycles. The van der Waals surface area contributed by atoms with Crippen LogP contribution in [0.25, 0.3) is 10.9 Å². The van der Waals surface area contributed by atoms with E-state index in [-0.39, 0.29) is 25.0 Å². The molecule has 7 heteroatoms. The number of esters is 1. The summed E-state index contributed by atoms with van der Waals surface area (Å²) in [5, 5.41) is 3.80. The molecule has 1 unspecified atom stereocenters. The molecule has 2 aromatic carbocycles. The third-order valence-electron chi connectivity index (χ3n) is 5.01. The van der Waals surface area contributed by atoms with E-state index in [0.29, 0.717) is 23.5 Å². The van der Waals surface area contributed by atoms with Gasteiger partial charge in [0.15, 0.2) is 6.54 Å². The van der Waals surface area contributed by atoms with Crippen LogP contribution in [0.1, 0.15) is 28.5 Å². The fourth-order valence-electron chi connectivity index (χ4n) is 3.54. The molecule has 3 rings (SSSR count). The van der Waals surface area contributed by atoms with Gasteiger partial charge < -0.3 is 19.7 Å². The van der Waals surface area contributed by atoms with Crippen LogP contribution in [0.2, 0.25) is 0 Å². The average Bonchev–Trinajstić information content (AvgIpc) is 2.74. The number of methoxy groups -OCH3 is 1. The smallest absolute Gasteiger partial charge is 0.340 e. The maximum atomic E-state index is 12.7. The quantitative estimate of drug-likeness (QED) is 0.545. The molecule has 0 saturated heterocycles. The number of aryl methyl sites for hydroxylation is 1. The zero-order valence-corrected chi connectivity index (χ0v) is 18.3. The van der Waals surface area contributed by atoms with E-state index in [1.54, 1.807) is 38.3 Å². The Balaban J connectivity index is 1.78. The van der Waals surface area contributed by atoms with Gasteiger partial charge in [-0.2, -0.15) is 0 Å². The van der Waals surface area contributed by atoms with Crippen molar-refractivity contribution in [1.29, 1.82) is 0 Å². The molecule has 0 aliphatic carbocycles. The normalized spacial score (nSPS) is 11.7. The summed E-state index contributed by atoms with van der Waals surface area (Å²) in [6, 6.07) is 14.9. The van der Waals surface area contributed by atoms with Crippen LogP contribution in [-0.2, 0) is 16.1 Å². The molecule has 0 aliphatic heterocycles. The van der Waals surface area contributed by atoms with Crippen molar-refractivity contribution in [3.63, 3.8) is 0 Å². The van der Waals surface area contributed by atoms with E-state index in [4.69, 9.17) is 14.5 Å². The first kappa shape index (κ1) is 22.2. The van der Waals surface area contributed by atoms with E-state index in [0.717, 1.165) is 27.1 Å². The summed E-state index contributed by atoms with van der Waals surface area (Å²) in [4.78, 5) is 30.8. The fraction of sp³-hybridized carbons (Fsp3) is 0.292. The predicted molar refractivity (Wildman–Crippen MR) is 120 cm³/mol. The van der Waals surface area contributed by atoms with Crippen molar-refractivity contribution in [3.05, 3.63) is 65.4 Å². The molecular weight excluding hydrogens is 394 g/mol. The van der Waals surface area contributed by atoms with Gasteiger partial charge in [0.25, 0.3) is 5.91 Å². The monoisotopic (exact) mass is 422 g/mol. The van der Waals surface area contributed by atoms with Gasteiger partial charge in [-0.05, 0) is 49.7 Å². The zero-order valence-electron chi connectivity index (χ0n) is 18.3.